The first kappa shape index (κ1) is 14.1. The van der Waals surface area contributed by atoms with E-state index in [0.29, 0.717) is 24.4 Å². The summed E-state index contributed by atoms with van der Waals surface area (Å²) in [5.74, 6) is 0. The van der Waals surface area contributed by atoms with Crippen molar-refractivity contribution in [2.45, 2.75) is 56.5 Å². The lowest BCUT2D eigenvalue weighted by molar-refractivity contribution is 0.124. The molecular formula is C19H22BrN3. The quantitative estimate of drug-likeness (QED) is 0.708. The minimum Gasteiger partial charge on any atom is -0.334 e. The van der Waals surface area contributed by atoms with Crippen LogP contribution in [0.1, 0.15) is 32.1 Å². The highest BCUT2D eigenvalue weighted by Crippen LogP contribution is 2.45. The van der Waals surface area contributed by atoms with Crippen LogP contribution in [0.4, 0.5) is 0 Å². The smallest absolute Gasteiger partial charge is 0.159 e. The Morgan fingerprint density at radius 1 is 1.09 bits per heavy atom. The molecule has 120 valence electrons. The second-order valence-electron chi connectivity index (χ2n) is 7.00. The molecule has 0 aromatic heterocycles. The van der Waals surface area contributed by atoms with Crippen molar-refractivity contribution in [1.82, 2.24) is 15.1 Å². The van der Waals surface area contributed by atoms with E-state index >= 15 is 0 Å². The molecule has 0 bridgehead atoms. The van der Waals surface area contributed by atoms with Crippen molar-refractivity contribution >= 4 is 15.9 Å². The Morgan fingerprint density at radius 2 is 2.04 bits per heavy atom. The van der Waals surface area contributed by atoms with E-state index in [-0.39, 0.29) is 0 Å². The van der Waals surface area contributed by atoms with E-state index in [1.807, 2.05) is 0 Å². The molecule has 4 unspecified atom stereocenters. The van der Waals surface area contributed by atoms with Gasteiger partial charge in [0.05, 0.1) is 17.8 Å². The Labute approximate surface area is 146 Å². The van der Waals surface area contributed by atoms with Crippen molar-refractivity contribution in [2.24, 2.45) is 0 Å². The van der Waals surface area contributed by atoms with Gasteiger partial charge >= 0.3 is 0 Å². The lowest BCUT2D eigenvalue weighted by Gasteiger charge is -2.36. The number of hydrogen-bond acceptors (Lipinski definition) is 3. The monoisotopic (exact) mass is 371 g/mol. The number of rotatable bonds is 1. The number of hydrogen-bond donors (Lipinski definition) is 1. The summed E-state index contributed by atoms with van der Waals surface area (Å²) in [5, 5.41) is 3.93. The van der Waals surface area contributed by atoms with Crippen molar-refractivity contribution in [2.75, 3.05) is 0 Å². The Hall–Kier alpha value is -1.26. The first-order valence-corrected chi connectivity index (χ1v) is 9.54. The third kappa shape index (κ3) is 2.11. The summed E-state index contributed by atoms with van der Waals surface area (Å²) < 4.78 is 1.33. The van der Waals surface area contributed by atoms with E-state index in [0.717, 1.165) is 19.3 Å². The zero-order chi connectivity index (χ0) is 15.4. The second kappa shape index (κ2) is 5.38. The maximum atomic E-state index is 3.93. The molecule has 0 saturated carbocycles. The van der Waals surface area contributed by atoms with Gasteiger partial charge in [-0.3, -0.25) is 5.32 Å². The molecule has 1 saturated heterocycles. The highest BCUT2D eigenvalue weighted by molar-refractivity contribution is 9.11. The zero-order valence-electron chi connectivity index (χ0n) is 13.2. The largest absolute Gasteiger partial charge is 0.334 e. The highest BCUT2D eigenvalue weighted by atomic mass is 79.9. The van der Waals surface area contributed by atoms with Gasteiger partial charge in [0, 0.05) is 11.7 Å². The highest BCUT2D eigenvalue weighted by Gasteiger charge is 2.50. The van der Waals surface area contributed by atoms with Gasteiger partial charge in [0.1, 0.15) is 0 Å². The molecule has 5 rings (SSSR count). The Morgan fingerprint density at radius 3 is 2.91 bits per heavy atom. The lowest BCUT2D eigenvalue weighted by atomic mass is 9.96. The van der Waals surface area contributed by atoms with E-state index in [1.165, 1.54) is 28.7 Å². The standard InChI is InChI=1S/C19H22BrN3/c20-13-10-11-17-18(12-13)23-16-9-5-4-8-15(16)21-19(23)22(17)14-6-2-1-3-7-14/h1-3,5-6,9,12,14-16,19,21H,4,7-8,10-11H2. The fraction of sp³-hybridized carbons (Fsp3) is 0.474. The molecular weight excluding hydrogens is 350 g/mol. The molecule has 0 aromatic rings. The molecule has 3 aliphatic carbocycles. The van der Waals surface area contributed by atoms with E-state index in [4.69, 9.17) is 0 Å². The molecule has 2 heterocycles. The first-order chi connectivity index (χ1) is 11.3. The molecule has 23 heavy (non-hydrogen) atoms. The summed E-state index contributed by atoms with van der Waals surface area (Å²) >= 11 is 3.74. The average Bonchev–Trinajstić information content (AvgIpc) is 3.10. The number of fused-ring (bicyclic) bond motifs is 4. The van der Waals surface area contributed by atoms with Gasteiger partial charge in [0.15, 0.2) is 6.29 Å². The van der Waals surface area contributed by atoms with E-state index in [1.54, 1.807) is 0 Å². The molecule has 4 atom stereocenters. The predicted octanol–water partition coefficient (Wildman–Crippen LogP) is 3.75. The van der Waals surface area contributed by atoms with Crippen molar-refractivity contribution in [3.8, 4) is 0 Å². The minimum atomic E-state index is 0.313. The van der Waals surface area contributed by atoms with Gasteiger partial charge in [-0.2, -0.15) is 0 Å². The van der Waals surface area contributed by atoms with Crippen LogP contribution in [-0.4, -0.2) is 34.2 Å². The van der Waals surface area contributed by atoms with E-state index in [2.05, 4.69) is 73.6 Å². The van der Waals surface area contributed by atoms with Crippen molar-refractivity contribution in [3.63, 3.8) is 0 Å². The molecule has 0 spiro atoms. The summed E-state index contributed by atoms with van der Waals surface area (Å²) in [4.78, 5) is 5.28. The summed E-state index contributed by atoms with van der Waals surface area (Å²) in [6.07, 6.45) is 22.3. The van der Waals surface area contributed by atoms with Gasteiger partial charge in [-0.1, -0.05) is 52.4 Å². The lowest BCUT2D eigenvalue weighted by Crippen LogP contribution is -2.49. The van der Waals surface area contributed by atoms with Crippen LogP contribution in [0.25, 0.3) is 0 Å². The molecule has 0 radical (unpaired) electrons. The molecule has 3 nitrogen and oxygen atoms in total. The van der Waals surface area contributed by atoms with Crippen LogP contribution in [-0.2, 0) is 0 Å². The molecule has 0 amide bonds. The second-order valence-corrected chi connectivity index (χ2v) is 8.02. The van der Waals surface area contributed by atoms with Gasteiger partial charge in [-0.15, -0.1) is 0 Å². The van der Waals surface area contributed by atoms with Crippen LogP contribution in [0, 0.1) is 0 Å². The van der Waals surface area contributed by atoms with Crippen LogP contribution < -0.4 is 5.32 Å². The number of halogens is 1. The minimum absolute atomic E-state index is 0.313. The van der Waals surface area contributed by atoms with E-state index in [9.17, 15) is 0 Å². The van der Waals surface area contributed by atoms with Crippen molar-refractivity contribution in [3.05, 3.63) is 58.4 Å². The first-order valence-electron chi connectivity index (χ1n) is 8.75. The van der Waals surface area contributed by atoms with Crippen LogP contribution >= 0.6 is 15.9 Å². The van der Waals surface area contributed by atoms with Crippen LogP contribution in [0.2, 0.25) is 0 Å². The average molecular weight is 372 g/mol. The van der Waals surface area contributed by atoms with Gasteiger partial charge in [0.25, 0.3) is 0 Å². The maximum Gasteiger partial charge on any atom is 0.159 e. The predicted molar refractivity (Wildman–Crippen MR) is 96.5 cm³/mol. The summed E-state index contributed by atoms with van der Waals surface area (Å²) in [6, 6.07) is 1.56. The van der Waals surface area contributed by atoms with E-state index < -0.39 is 0 Å². The Bertz CT molecular complexity index is 672. The van der Waals surface area contributed by atoms with Crippen LogP contribution in [0.5, 0.6) is 0 Å². The van der Waals surface area contributed by atoms with Crippen molar-refractivity contribution in [1.29, 1.82) is 0 Å². The van der Waals surface area contributed by atoms with Gasteiger partial charge < -0.3 is 9.80 Å². The molecule has 5 aliphatic rings. The third-order valence-corrected chi connectivity index (χ3v) is 6.32. The van der Waals surface area contributed by atoms with Gasteiger partial charge in [-0.25, -0.2) is 0 Å². The fourth-order valence-electron chi connectivity index (χ4n) is 4.68. The zero-order valence-corrected chi connectivity index (χ0v) is 14.7. The van der Waals surface area contributed by atoms with Crippen molar-refractivity contribution < 1.29 is 0 Å². The van der Waals surface area contributed by atoms with Gasteiger partial charge in [0.2, 0.25) is 0 Å². The number of nitrogens with one attached hydrogen (secondary N) is 1. The SMILES string of the molecule is BrC1=CC2=C(CC1)N(C1C=CC=CC1)C1NC3CCC=CC3N21. The molecule has 2 aliphatic heterocycles. The number of nitrogens with zero attached hydrogens (tertiary/aromatic N) is 2. The third-order valence-electron chi connectivity index (χ3n) is 5.70. The summed E-state index contributed by atoms with van der Waals surface area (Å²) in [5.41, 5.74) is 2.95. The topological polar surface area (TPSA) is 18.5 Å². The molecule has 0 aromatic carbocycles. The normalized spacial score (nSPS) is 37.9. The fourth-order valence-corrected chi connectivity index (χ4v) is 5.10. The molecule has 1 fully saturated rings. The molecule has 4 heteroatoms. The Kier molecular flexibility index (Phi) is 3.30. The van der Waals surface area contributed by atoms with Crippen LogP contribution in [0.15, 0.2) is 58.4 Å². The summed E-state index contributed by atoms with van der Waals surface area (Å²) in [6.45, 7) is 0. The van der Waals surface area contributed by atoms with Crippen LogP contribution in [0.3, 0.4) is 0 Å². The number of allylic oxidation sites excluding steroid dienone is 6. The van der Waals surface area contributed by atoms with Gasteiger partial charge in [-0.05, 0) is 42.7 Å². The maximum absolute atomic E-state index is 3.93. The molecule has 1 N–H and O–H groups in total. The summed E-state index contributed by atoms with van der Waals surface area (Å²) in [7, 11) is 0. The Balaban J connectivity index is 1.58.